The Kier molecular flexibility index (Phi) is 4.53. The quantitative estimate of drug-likeness (QED) is 0.697. The van der Waals surface area contributed by atoms with E-state index in [-0.39, 0.29) is 0 Å². The van der Waals surface area contributed by atoms with E-state index in [1.54, 1.807) is 0 Å². The fourth-order valence-electron chi connectivity index (χ4n) is 4.89. The lowest BCUT2D eigenvalue weighted by molar-refractivity contribution is 0.211. The molecule has 3 aliphatic carbocycles. The second kappa shape index (κ2) is 6.15. The van der Waals surface area contributed by atoms with Crippen LogP contribution in [0.25, 0.3) is 0 Å². The van der Waals surface area contributed by atoms with Gasteiger partial charge in [0.05, 0.1) is 0 Å². The van der Waals surface area contributed by atoms with Crippen molar-refractivity contribution in [1.29, 1.82) is 0 Å². The van der Waals surface area contributed by atoms with Gasteiger partial charge >= 0.3 is 0 Å². The van der Waals surface area contributed by atoms with Gasteiger partial charge < -0.3 is 10.4 Å². The maximum Gasteiger partial charge on any atom is 0.0438 e. The van der Waals surface area contributed by atoms with Gasteiger partial charge in [0, 0.05) is 24.9 Å². The molecule has 0 spiro atoms. The van der Waals surface area contributed by atoms with Crippen LogP contribution in [0.2, 0.25) is 0 Å². The molecule has 2 bridgehead atoms. The molecule has 2 N–H and O–H groups in total. The molecule has 3 fully saturated rings. The highest BCUT2D eigenvalue weighted by Crippen LogP contribution is 2.58. The molecule has 0 heterocycles. The van der Waals surface area contributed by atoms with Crippen molar-refractivity contribution in [1.82, 2.24) is 5.32 Å². The molecule has 0 amide bonds. The summed E-state index contributed by atoms with van der Waals surface area (Å²) in [7, 11) is 0. The Morgan fingerprint density at radius 2 is 1.94 bits per heavy atom. The molecule has 0 saturated heterocycles. The summed E-state index contributed by atoms with van der Waals surface area (Å²) in [6, 6.07) is 0.841. The fourth-order valence-corrected chi connectivity index (χ4v) is 5.69. The van der Waals surface area contributed by atoms with Crippen molar-refractivity contribution in [2.45, 2.75) is 44.6 Å². The molecular formula is C15H27NOS. The topological polar surface area (TPSA) is 32.3 Å². The summed E-state index contributed by atoms with van der Waals surface area (Å²) in [5, 5.41) is 12.5. The molecule has 0 aliphatic heterocycles. The number of aliphatic hydroxyl groups excluding tert-OH is 1. The second-order valence-electron chi connectivity index (χ2n) is 6.40. The highest BCUT2D eigenvalue weighted by atomic mass is 32.2. The zero-order valence-corrected chi connectivity index (χ0v) is 12.1. The average molecular weight is 269 g/mol. The lowest BCUT2D eigenvalue weighted by atomic mass is 9.79. The van der Waals surface area contributed by atoms with Gasteiger partial charge in [0.1, 0.15) is 0 Å². The molecule has 2 nitrogen and oxygen atoms in total. The third-order valence-corrected chi connectivity index (χ3v) is 6.60. The highest BCUT2D eigenvalue weighted by Gasteiger charge is 2.53. The number of nitrogens with one attached hydrogen (secondary N) is 1. The molecule has 3 heteroatoms. The molecule has 5 atom stereocenters. The molecule has 3 aliphatic rings. The Balaban J connectivity index is 1.35. The summed E-state index contributed by atoms with van der Waals surface area (Å²) >= 11 is 1.98. The first-order valence-electron chi connectivity index (χ1n) is 7.82. The van der Waals surface area contributed by atoms with Crippen molar-refractivity contribution in [2.75, 3.05) is 24.7 Å². The molecule has 3 saturated carbocycles. The van der Waals surface area contributed by atoms with Gasteiger partial charge in [0.25, 0.3) is 0 Å². The normalized spacial score (nSPS) is 41.5. The van der Waals surface area contributed by atoms with Crippen molar-refractivity contribution in [2.24, 2.45) is 23.7 Å². The molecule has 0 aromatic heterocycles. The van der Waals surface area contributed by atoms with Gasteiger partial charge in [-0.3, -0.25) is 0 Å². The Labute approximate surface area is 115 Å². The maximum absolute atomic E-state index is 8.72. The molecule has 0 aromatic rings. The van der Waals surface area contributed by atoms with E-state index in [2.05, 4.69) is 5.32 Å². The van der Waals surface area contributed by atoms with Crippen molar-refractivity contribution in [3.05, 3.63) is 0 Å². The van der Waals surface area contributed by atoms with Gasteiger partial charge in [-0.15, -0.1) is 0 Å². The van der Waals surface area contributed by atoms with Crippen LogP contribution in [0, 0.1) is 23.7 Å². The molecule has 0 aromatic carbocycles. The fraction of sp³-hybridized carbons (Fsp3) is 1.00. The monoisotopic (exact) mass is 269 g/mol. The van der Waals surface area contributed by atoms with Crippen molar-refractivity contribution >= 4 is 11.8 Å². The number of fused-ring (bicyclic) bond motifs is 5. The molecular weight excluding hydrogens is 242 g/mol. The first-order chi connectivity index (χ1) is 8.90. The minimum atomic E-state index is 0.343. The number of rotatable bonds is 7. The van der Waals surface area contributed by atoms with E-state index in [1.165, 1.54) is 44.4 Å². The minimum Gasteiger partial charge on any atom is -0.396 e. The average Bonchev–Trinajstić information content (AvgIpc) is 3.04. The van der Waals surface area contributed by atoms with Crippen molar-refractivity contribution in [3.63, 3.8) is 0 Å². The largest absolute Gasteiger partial charge is 0.396 e. The van der Waals surface area contributed by atoms with Gasteiger partial charge in [0.2, 0.25) is 0 Å². The van der Waals surface area contributed by atoms with E-state index in [4.69, 9.17) is 5.11 Å². The van der Waals surface area contributed by atoms with Crippen LogP contribution in [0.5, 0.6) is 0 Å². The number of thioether (sulfide) groups is 1. The Bertz CT molecular complexity index is 273. The third kappa shape index (κ3) is 2.59. The Morgan fingerprint density at radius 1 is 1.06 bits per heavy atom. The summed E-state index contributed by atoms with van der Waals surface area (Å²) in [5.74, 6) is 6.61. The molecule has 3 rings (SSSR count). The molecule has 5 unspecified atom stereocenters. The number of aliphatic hydroxyl groups is 1. The van der Waals surface area contributed by atoms with Crippen LogP contribution >= 0.6 is 11.8 Å². The van der Waals surface area contributed by atoms with E-state index in [0.717, 1.165) is 41.9 Å². The zero-order chi connectivity index (χ0) is 12.4. The van der Waals surface area contributed by atoms with Gasteiger partial charge in [-0.25, -0.2) is 0 Å². The van der Waals surface area contributed by atoms with E-state index >= 15 is 0 Å². The summed E-state index contributed by atoms with van der Waals surface area (Å²) in [6.07, 6.45) is 8.51. The summed E-state index contributed by atoms with van der Waals surface area (Å²) in [4.78, 5) is 0. The predicted octanol–water partition coefficient (Wildman–Crippen LogP) is 2.52. The predicted molar refractivity (Wildman–Crippen MR) is 77.9 cm³/mol. The first-order valence-corrected chi connectivity index (χ1v) is 8.97. The number of hydrogen-bond acceptors (Lipinski definition) is 3. The summed E-state index contributed by atoms with van der Waals surface area (Å²) < 4.78 is 0. The summed E-state index contributed by atoms with van der Waals surface area (Å²) in [6.45, 7) is 1.51. The van der Waals surface area contributed by atoms with Crippen LogP contribution in [0.15, 0.2) is 0 Å². The third-order valence-electron chi connectivity index (χ3n) is 5.53. The standard InChI is InChI=1S/C15H27NOS/c17-6-2-7-18-8-5-16-15-10-11-9-14(15)13-4-1-3-12(11)13/h11-17H,1-10H2. The maximum atomic E-state index is 8.72. The van der Waals surface area contributed by atoms with Crippen LogP contribution in [-0.4, -0.2) is 35.8 Å². The van der Waals surface area contributed by atoms with Crippen LogP contribution in [0.1, 0.15) is 38.5 Å². The number of hydrogen-bond donors (Lipinski definition) is 2. The first kappa shape index (κ1) is 13.3. The van der Waals surface area contributed by atoms with Crippen LogP contribution in [0.3, 0.4) is 0 Å². The highest BCUT2D eigenvalue weighted by molar-refractivity contribution is 7.99. The van der Waals surface area contributed by atoms with Crippen LogP contribution < -0.4 is 5.32 Å². The SMILES string of the molecule is OCCCSCCNC1CC2CC1C1CCCC21. The molecule has 104 valence electrons. The second-order valence-corrected chi connectivity index (χ2v) is 7.63. The lowest BCUT2D eigenvalue weighted by Gasteiger charge is -2.32. The van der Waals surface area contributed by atoms with Gasteiger partial charge in [-0.2, -0.15) is 11.8 Å². The van der Waals surface area contributed by atoms with Crippen molar-refractivity contribution < 1.29 is 5.11 Å². The van der Waals surface area contributed by atoms with Gasteiger partial charge in [-0.1, -0.05) is 6.42 Å². The van der Waals surface area contributed by atoms with Crippen molar-refractivity contribution in [3.8, 4) is 0 Å². The van der Waals surface area contributed by atoms with Gasteiger partial charge in [-0.05, 0) is 61.5 Å². The van der Waals surface area contributed by atoms with E-state index < -0.39 is 0 Å². The lowest BCUT2D eigenvalue weighted by Crippen LogP contribution is -2.40. The van der Waals surface area contributed by atoms with E-state index in [0.29, 0.717) is 6.61 Å². The van der Waals surface area contributed by atoms with Crippen LogP contribution in [-0.2, 0) is 0 Å². The van der Waals surface area contributed by atoms with E-state index in [9.17, 15) is 0 Å². The smallest absolute Gasteiger partial charge is 0.0438 e. The Morgan fingerprint density at radius 3 is 2.83 bits per heavy atom. The minimum absolute atomic E-state index is 0.343. The molecule has 18 heavy (non-hydrogen) atoms. The zero-order valence-electron chi connectivity index (χ0n) is 11.3. The summed E-state index contributed by atoms with van der Waals surface area (Å²) in [5.41, 5.74) is 0. The van der Waals surface area contributed by atoms with Crippen LogP contribution in [0.4, 0.5) is 0 Å². The molecule has 0 radical (unpaired) electrons. The van der Waals surface area contributed by atoms with Gasteiger partial charge in [0.15, 0.2) is 0 Å². The Hall–Kier alpha value is 0.270. The van der Waals surface area contributed by atoms with E-state index in [1.807, 2.05) is 11.8 Å².